The van der Waals surface area contributed by atoms with Crippen LogP contribution < -0.4 is 15.2 Å². The van der Waals surface area contributed by atoms with E-state index < -0.39 is 21.9 Å². The van der Waals surface area contributed by atoms with Crippen molar-refractivity contribution in [2.45, 2.75) is 45.7 Å². The second kappa shape index (κ2) is 7.64. The molecule has 1 amide bonds. The molecule has 1 aliphatic rings. The third-order valence-electron chi connectivity index (χ3n) is 3.80. The Morgan fingerprint density at radius 2 is 2.22 bits per heavy atom. The van der Waals surface area contributed by atoms with E-state index in [1.807, 2.05) is 6.92 Å². The van der Waals surface area contributed by atoms with Gasteiger partial charge in [0.25, 0.3) is 0 Å². The van der Waals surface area contributed by atoms with Gasteiger partial charge in [0.15, 0.2) is 5.82 Å². The lowest BCUT2D eigenvalue weighted by atomic mass is 10.5. The topological polar surface area (TPSA) is 120 Å². The van der Waals surface area contributed by atoms with Crippen LogP contribution in [0.2, 0.25) is 0 Å². The summed E-state index contributed by atoms with van der Waals surface area (Å²) in [4.78, 5) is 25.1. The number of hydrogen-bond donors (Lipinski definition) is 1. The largest absolute Gasteiger partial charge is 0.361 e. The Labute approximate surface area is 159 Å². The first-order chi connectivity index (χ1) is 12.9. The molecule has 3 rings (SSSR count). The van der Waals surface area contributed by atoms with Crippen LogP contribution in [0.15, 0.2) is 26.8 Å². The van der Waals surface area contributed by atoms with E-state index >= 15 is 0 Å². The van der Waals surface area contributed by atoms with Gasteiger partial charge in [-0.2, -0.15) is 8.42 Å². The van der Waals surface area contributed by atoms with Gasteiger partial charge >= 0.3 is 21.9 Å². The lowest BCUT2D eigenvalue weighted by molar-refractivity contribution is 0.243. The highest BCUT2D eigenvalue weighted by Crippen LogP contribution is 2.34. The second-order valence-corrected chi connectivity index (χ2v) is 8.22. The quantitative estimate of drug-likeness (QED) is 0.761. The number of hydrogen-bond acceptors (Lipinski definition) is 6. The standard InChI is InChI=1S/C15H20N6O4S2/c1-3-5-12-16-21(15(23)20(12)11-6-7-11)13(22)17-27(24,25)18-14-19(8-4-2)9-10-26-14/h3,5,9-11H,4,6-8H2,1-2H3,(H,17,22)/b5-3+,18-14?. The highest BCUT2D eigenvalue weighted by Gasteiger charge is 2.31. The summed E-state index contributed by atoms with van der Waals surface area (Å²) in [5.74, 6) is 0.313. The van der Waals surface area contributed by atoms with E-state index in [0.717, 1.165) is 30.6 Å². The molecule has 0 bridgehead atoms. The minimum Gasteiger partial charge on any atom is -0.323 e. The van der Waals surface area contributed by atoms with Gasteiger partial charge in [0.1, 0.15) is 0 Å². The summed E-state index contributed by atoms with van der Waals surface area (Å²) in [6.07, 6.45) is 7.45. The molecule has 2 aromatic heterocycles. The molecule has 0 saturated heterocycles. The molecule has 1 N–H and O–H groups in total. The number of aryl methyl sites for hydroxylation is 1. The average Bonchev–Trinajstić information content (AvgIpc) is 3.25. The Bertz CT molecular complexity index is 1100. The maximum absolute atomic E-state index is 12.5. The summed E-state index contributed by atoms with van der Waals surface area (Å²) in [5.41, 5.74) is -0.671. The van der Waals surface area contributed by atoms with E-state index in [1.165, 1.54) is 4.57 Å². The summed E-state index contributed by atoms with van der Waals surface area (Å²) in [6.45, 7) is 4.32. The first-order valence-electron chi connectivity index (χ1n) is 8.47. The van der Waals surface area contributed by atoms with Crippen molar-refractivity contribution in [3.63, 3.8) is 0 Å². The van der Waals surface area contributed by atoms with Gasteiger partial charge in [0.05, 0.1) is 0 Å². The molecule has 1 saturated carbocycles. The van der Waals surface area contributed by atoms with E-state index in [2.05, 4.69) is 9.50 Å². The van der Waals surface area contributed by atoms with Crippen molar-refractivity contribution in [2.24, 2.45) is 4.40 Å². The number of amides is 1. The van der Waals surface area contributed by atoms with Crippen LogP contribution in [0.3, 0.4) is 0 Å². The lowest BCUT2D eigenvalue weighted by Gasteiger charge is -2.02. The van der Waals surface area contributed by atoms with Crippen LogP contribution in [-0.2, 0) is 16.8 Å². The minimum absolute atomic E-state index is 0.00864. The molecule has 0 radical (unpaired) electrons. The Balaban J connectivity index is 1.90. The Hall–Kier alpha value is -2.47. The van der Waals surface area contributed by atoms with E-state index in [0.29, 0.717) is 17.1 Å². The van der Waals surface area contributed by atoms with Crippen LogP contribution in [0, 0.1) is 0 Å². The monoisotopic (exact) mass is 412 g/mol. The molecule has 0 aromatic carbocycles. The van der Waals surface area contributed by atoms with E-state index in [1.54, 1.807) is 39.9 Å². The molecule has 146 valence electrons. The van der Waals surface area contributed by atoms with Crippen LogP contribution >= 0.6 is 11.3 Å². The molecule has 0 atom stereocenters. The molecule has 0 spiro atoms. The maximum atomic E-state index is 12.5. The number of aromatic nitrogens is 4. The number of nitrogens with zero attached hydrogens (tertiary/aromatic N) is 5. The Morgan fingerprint density at radius 1 is 1.48 bits per heavy atom. The summed E-state index contributed by atoms with van der Waals surface area (Å²) in [7, 11) is -4.34. The predicted octanol–water partition coefficient (Wildman–Crippen LogP) is 1.09. The zero-order valence-corrected chi connectivity index (χ0v) is 16.5. The molecule has 2 aromatic rings. The molecule has 0 aliphatic heterocycles. The number of allylic oxidation sites excluding steroid dienone is 1. The highest BCUT2D eigenvalue weighted by molar-refractivity contribution is 7.88. The zero-order valence-electron chi connectivity index (χ0n) is 14.9. The minimum atomic E-state index is -4.34. The van der Waals surface area contributed by atoms with E-state index in [4.69, 9.17) is 0 Å². The van der Waals surface area contributed by atoms with E-state index in [9.17, 15) is 18.0 Å². The van der Waals surface area contributed by atoms with Gasteiger partial charge in [0, 0.05) is 24.2 Å². The Kier molecular flexibility index (Phi) is 5.46. The normalized spacial score (nSPS) is 15.6. The van der Waals surface area contributed by atoms with Gasteiger partial charge in [-0.3, -0.25) is 4.57 Å². The van der Waals surface area contributed by atoms with Crippen molar-refractivity contribution in [3.8, 4) is 0 Å². The molecular weight excluding hydrogens is 392 g/mol. The van der Waals surface area contributed by atoms with Crippen molar-refractivity contribution in [1.29, 1.82) is 0 Å². The van der Waals surface area contributed by atoms with Crippen molar-refractivity contribution in [3.05, 3.63) is 38.8 Å². The lowest BCUT2D eigenvalue weighted by Crippen LogP contribution is -2.40. The number of carbonyl (C=O) groups is 1. The highest BCUT2D eigenvalue weighted by atomic mass is 32.2. The first-order valence-corrected chi connectivity index (χ1v) is 10.8. The van der Waals surface area contributed by atoms with Gasteiger partial charge in [-0.15, -0.1) is 25.5 Å². The molecule has 1 fully saturated rings. The zero-order chi connectivity index (χ0) is 19.6. The van der Waals surface area contributed by atoms with Crippen molar-refractivity contribution >= 4 is 33.7 Å². The fourth-order valence-electron chi connectivity index (χ4n) is 2.52. The predicted molar refractivity (Wildman–Crippen MR) is 100 cm³/mol. The SMILES string of the molecule is C/C=C/c1nn(C(=O)NS(=O)(=O)N=c2sccn2CCC)c(=O)n1C1CC1. The molecule has 12 heteroatoms. The molecular formula is C15H20N6O4S2. The molecule has 2 heterocycles. The smallest absolute Gasteiger partial charge is 0.323 e. The van der Waals surface area contributed by atoms with Crippen LogP contribution in [0.25, 0.3) is 6.08 Å². The summed E-state index contributed by atoms with van der Waals surface area (Å²) in [6, 6.07) is -1.17. The molecule has 1 aliphatic carbocycles. The third kappa shape index (κ3) is 4.27. The molecule has 0 unspecified atom stereocenters. The van der Waals surface area contributed by atoms with Crippen LogP contribution in [0.5, 0.6) is 0 Å². The average molecular weight is 412 g/mol. The molecule has 27 heavy (non-hydrogen) atoms. The van der Waals surface area contributed by atoms with Gasteiger partial charge < -0.3 is 4.57 Å². The second-order valence-electron chi connectivity index (χ2n) is 6.01. The third-order valence-corrected chi connectivity index (χ3v) is 5.55. The number of nitrogens with one attached hydrogen (secondary N) is 1. The fourth-order valence-corrected chi connectivity index (χ4v) is 4.27. The van der Waals surface area contributed by atoms with Crippen molar-refractivity contribution < 1.29 is 13.2 Å². The molecule has 10 nitrogen and oxygen atoms in total. The van der Waals surface area contributed by atoms with Crippen molar-refractivity contribution in [2.75, 3.05) is 0 Å². The Morgan fingerprint density at radius 3 is 2.85 bits per heavy atom. The van der Waals surface area contributed by atoms with Gasteiger partial charge in [-0.25, -0.2) is 14.3 Å². The van der Waals surface area contributed by atoms with Crippen LogP contribution in [-0.4, -0.2) is 33.4 Å². The van der Waals surface area contributed by atoms with Crippen LogP contribution in [0.4, 0.5) is 4.79 Å². The summed E-state index contributed by atoms with van der Waals surface area (Å²) in [5, 5.41) is 5.65. The fraction of sp³-hybridized carbons (Fsp3) is 0.467. The van der Waals surface area contributed by atoms with E-state index in [-0.39, 0.29) is 10.8 Å². The van der Waals surface area contributed by atoms with Gasteiger partial charge in [0.2, 0.25) is 4.80 Å². The number of thiazole rings is 1. The number of carbonyl (C=O) groups excluding carboxylic acids is 1. The van der Waals surface area contributed by atoms with Gasteiger partial charge in [-0.1, -0.05) is 13.0 Å². The number of rotatable bonds is 6. The summed E-state index contributed by atoms with van der Waals surface area (Å²) < 4.78 is 33.5. The maximum Gasteiger partial charge on any atom is 0.361 e. The summed E-state index contributed by atoms with van der Waals surface area (Å²) >= 11 is 1.14. The van der Waals surface area contributed by atoms with Crippen molar-refractivity contribution in [1.82, 2.24) is 23.6 Å². The van der Waals surface area contributed by atoms with Crippen LogP contribution in [0.1, 0.15) is 45.0 Å². The first kappa shape index (κ1) is 19.3. The van der Waals surface area contributed by atoms with Gasteiger partial charge in [-0.05, 0) is 32.3 Å².